The molecule has 1 aromatic carbocycles. The van der Waals surface area contributed by atoms with Gasteiger partial charge in [0.05, 0.1) is 4.47 Å². The lowest BCUT2D eigenvalue weighted by atomic mass is 10.2. The van der Waals surface area contributed by atoms with Crippen LogP contribution in [-0.4, -0.2) is 20.9 Å². The van der Waals surface area contributed by atoms with Crippen LogP contribution in [-0.2, 0) is 0 Å². The van der Waals surface area contributed by atoms with E-state index in [9.17, 15) is 9.59 Å². The molecule has 0 fully saturated rings. The number of H-pyrrole nitrogens is 1. The fourth-order valence-electron chi connectivity index (χ4n) is 2.06. The smallest absolute Gasteiger partial charge is 0.321 e. The number of hydrogen-bond donors (Lipinski definition) is 2. The van der Waals surface area contributed by atoms with Crippen LogP contribution in [0.5, 0.6) is 11.8 Å². The van der Waals surface area contributed by atoms with Gasteiger partial charge in [0.2, 0.25) is 0 Å². The molecule has 3 aromatic rings. The molecule has 0 saturated heterocycles. The fraction of sp³-hybridized carbons (Fsp3) is 0.0588. The number of aromatic nitrogens is 3. The molecule has 26 heavy (non-hydrogen) atoms. The maximum Gasteiger partial charge on any atom is 0.321 e. The Morgan fingerprint density at radius 3 is 2.65 bits per heavy atom. The van der Waals surface area contributed by atoms with E-state index >= 15 is 0 Å². The molecule has 0 radical (unpaired) electrons. The zero-order valence-electron chi connectivity index (χ0n) is 13.4. The van der Waals surface area contributed by atoms with Gasteiger partial charge in [0.1, 0.15) is 11.3 Å². The SMILES string of the molecule is Cc1[nH]c(=O)c(C(=O)Nc2cccc(Oc3ncc(Br)cn3)c2)cc1Br. The Hall–Kier alpha value is -2.52. The summed E-state index contributed by atoms with van der Waals surface area (Å²) in [5, 5.41) is 2.67. The molecular formula is C17H12Br2N4O3. The minimum atomic E-state index is -0.524. The quantitative estimate of drug-likeness (QED) is 0.588. The first-order chi connectivity index (χ1) is 12.4. The number of nitrogens with zero attached hydrogens (tertiary/aromatic N) is 2. The van der Waals surface area contributed by atoms with Gasteiger partial charge in [-0.05, 0) is 57.0 Å². The summed E-state index contributed by atoms with van der Waals surface area (Å²) in [7, 11) is 0. The number of nitrogens with one attached hydrogen (secondary N) is 2. The number of anilines is 1. The van der Waals surface area contributed by atoms with Crippen molar-refractivity contribution < 1.29 is 9.53 Å². The minimum absolute atomic E-state index is 0.00467. The second-order valence-electron chi connectivity index (χ2n) is 5.25. The number of aromatic amines is 1. The average Bonchev–Trinajstić information content (AvgIpc) is 2.60. The molecule has 0 unspecified atom stereocenters. The van der Waals surface area contributed by atoms with E-state index in [1.54, 1.807) is 43.6 Å². The molecule has 0 atom stereocenters. The predicted octanol–water partition coefficient (Wildman–Crippen LogP) is 4.04. The summed E-state index contributed by atoms with van der Waals surface area (Å²) in [6, 6.07) is 8.37. The normalized spacial score (nSPS) is 10.4. The second kappa shape index (κ2) is 7.79. The van der Waals surface area contributed by atoms with E-state index in [-0.39, 0.29) is 11.6 Å². The number of aryl methyl sites for hydroxylation is 1. The molecule has 0 aliphatic heterocycles. The predicted molar refractivity (Wildman–Crippen MR) is 104 cm³/mol. The van der Waals surface area contributed by atoms with E-state index < -0.39 is 11.5 Å². The van der Waals surface area contributed by atoms with Gasteiger partial charge >= 0.3 is 6.01 Å². The Morgan fingerprint density at radius 2 is 1.92 bits per heavy atom. The number of carbonyl (C=O) groups is 1. The number of rotatable bonds is 4. The molecular weight excluding hydrogens is 468 g/mol. The van der Waals surface area contributed by atoms with Crippen LogP contribution < -0.4 is 15.6 Å². The van der Waals surface area contributed by atoms with Crippen molar-refractivity contribution in [2.45, 2.75) is 6.92 Å². The molecule has 0 bridgehead atoms. The zero-order valence-corrected chi connectivity index (χ0v) is 16.6. The third-order valence-corrected chi connectivity index (χ3v) is 4.55. The Balaban J connectivity index is 1.78. The first kappa shape index (κ1) is 18.3. The third kappa shape index (κ3) is 4.36. The average molecular weight is 480 g/mol. The first-order valence-electron chi connectivity index (χ1n) is 7.38. The molecule has 0 aliphatic carbocycles. The number of hydrogen-bond acceptors (Lipinski definition) is 5. The molecule has 2 heterocycles. The summed E-state index contributed by atoms with van der Waals surface area (Å²) in [6.07, 6.45) is 3.13. The van der Waals surface area contributed by atoms with Crippen molar-refractivity contribution in [1.29, 1.82) is 0 Å². The topological polar surface area (TPSA) is 97.0 Å². The van der Waals surface area contributed by atoms with Crippen LogP contribution in [0, 0.1) is 6.92 Å². The van der Waals surface area contributed by atoms with Crippen LogP contribution in [0.25, 0.3) is 0 Å². The summed E-state index contributed by atoms with van der Waals surface area (Å²) in [5.74, 6) is -0.0758. The highest BCUT2D eigenvalue weighted by Gasteiger charge is 2.13. The summed E-state index contributed by atoms with van der Waals surface area (Å²) in [4.78, 5) is 35.0. The highest BCUT2D eigenvalue weighted by molar-refractivity contribution is 9.10. The molecule has 2 aromatic heterocycles. The van der Waals surface area contributed by atoms with Crippen LogP contribution in [0.2, 0.25) is 0 Å². The standard InChI is InChI=1S/C17H12Br2N4O3/c1-9-14(19)6-13(15(24)22-9)16(25)23-11-3-2-4-12(5-11)26-17-20-7-10(18)8-21-17/h2-8H,1H3,(H,22,24)(H,23,25). The minimum Gasteiger partial charge on any atom is -0.424 e. The second-order valence-corrected chi connectivity index (χ2v) is 7.02. The van der Waals surface area contributed by atoms with E-state index in [2.05, 4.69) is 52.1 Å². The van der Waals surface area contributed by atoms with Gasteiger partial charge < -0.3 is 15.0 Å². The molecule has 0 spiro atoms. The maximum atomic E-state index is 12.4. The van der Waals surface area contributed by atoms with Crippen molar-refractivity contribution in [2.24, 2.45) is 0 Å². The van der Waals surface area contributed by atoms with Gasteiger partial charge in [-0.15, -0.1) is 0 Å². The molecule has 0 aliphatic rings. The molecule has 1 amide bonds. The number of carbonyl (C=O) groups excluding carboxylic acids is 1. The summed E-state index contributed by atoms with van der Waals surface area (Å²) >= 11 is 6.55. The van der Waals surface area contributed by atoms with Crippen LogP contribution in [0.4, 0.5) is 5.69 Å². The van der Waals surface area contributed by atoms with Crippen molar-refractivity contribution in [3.05, 3.63) is 73.3 Å². The van der Waals surface area contributed by atoms with E-state index in [0.717, 1.165) is 4.47 Å². The van der Waals surface area contributed by atoms with Crippen LogP contribution in [0.15, 0.2) is 56.5 Å². The highest BCUT2D eigenvalue weighted by atomic mass is 79.9. The third-order valence-electron chi connectivity index (χ3n) is 3.32. The monoisotopic (exact) mass is 478 g/mol. The van der Waals surface area contributed by atoms with Gasteiger partial charge in [-0.1, -0.05) is 6.07 Å². The first-order valence-corrected chi connectivity index (χ1v) is 8.97. The van der Waals surface area contributed by atoms with Gasteiger partial charge in [-0.25, -0.2) is 9.97 Å². The summed E-state index contributed by atoms with van der Waals surface area (Å²) < 4.78 is 6.93. The van der Waals surface area contributed by atoms with Crippen molar-refractivity contribution >= 4 is 43.5 Å². The van der Waals surface area contributed by atoms with E-state index in [4.69, 9.17) is 4.74 Å². The van der Waals surface area contributed by atoms with E-state index in [1.807, 2.05) is 0 Å². The van der Waals surface area contributed by atoms with E-state index in [1.165, 1.54) is 6.07 Å². The Morgan fingerprint density at radius 1 is 1.19 bits per heavy atom. The Kier molecular flexibility index (Phi) is 5.48. The van der Waals surface area contributed by atoms with Gasteiger partial charge in [0.15, 0.2) is 0 Å². The number of benzene rings is 1. The van der Waals surface area contributed by atoms with Crippen molar-refractivity contribution in [1.82, 2.24) is 15.0 Å². The summed E-state index contributed by atoms with van der Waals surface area (Å²) in [5.41, 5.74) is 0.668. The van der Waals surface area contributed by atoms with Crippen LogP contribution >= 0.6 is 31.9 Å². The summed E-state index contributed by atoms with van der Waals surface area (Å²) in [6.45, 7) is 1.73. The maximum absolute atomic E-state index is 12.4. The van der Waals surface area contributed by atoms with Gasteiger partial charge in [-0.2, -0.15) is 0 Å². The Labute approximate surface area is 165 Å². The van der Waals surface area contributed by atoms with Crippen molar-refractivity contribution in [2.75, 3.05) is 5.32 Å². The molecule has 132 valence electrons. The number of pyridine rings is 1. The molecule has 3 rings (SSSR count). The molecule has 0 saturated carbocycles. The van der Waals surface area contributed by atoms with Crippen molar-refractivity contribution in [3.8, 4) is 11.8 Å². The van der Waals surface area contributed by atoms with Crippen LogP contribution in [0.1, 0.15) is 16.1 Å². The fourth-order valence-corrected chi connectivity index (χ4v) is 2.59. The zero-order chi connectivity index (χ0) is 18.7. The van der Waals surface area contributed by atoms with Crippen molar-refractivity contribution in [3.63, 3.8) is 0 Å². The molecule has 9 heteroatoms. The largest absolute Gasteiger partial charge is 0.424 e. The lowest BCUT2D eigenvalue weighted by Crippen LogP contribution is -2.23. The molecule has 2 N–H and O–H groups in total. The lowest BCUT2D eigenvalue weighted by Gasteiger charge is -2.08. The number of halogens is 2. The van der Waals surface area contributed by atoms with Crippen LogP contribution in [0.3, 0.4) is 0 Å². The molecule has 7 nitrogen and oxygen atoms in total. The highest BCUT2D eigenvalue weighted by Crippen LogP contribution is 2.22. The number of ether oxygens (including phenoxy) is 1. The van der Waals surface area contributed by atoms with Gasteiger partial charge in [-0.3, -0.25) is 9.59 Å². The van der Waals surface area contributed by atoms with E-state index in [0.29, 0.717) is 21.6 Å². The lowest BCUT2D eigenvalue weighted by molar-refractivity contribution is 0.102. The number of amides is 1. The van der Waals surface area contributed by atoms with Gasteiger partial charge in [0, 0.05) is 34.3 Å². The van der Waals surface area contributed by atoms with Gasteiger partial charge in [0.25, 0.3) is 11.5 Å². The Bertz CT molecular complexity index is 1020.